The lowest BCUT2D eigenvalue weighted by Gasteiger charge is -2.31. The van der Waals surface area contributed by atoms with Crippen molar-refractivity contribution in [3.8, 4) is 11.1 Å². The second-order valence-corrected chi connectivity index (χ2v) is 7.77. The summed E-state index contributed by atoms with van der Waals surface area (Å²) in [6, 6.07) is 6.47. The number of nitrogens with zero attached hydrogens (tertiary/aromatic N) is 5. The fraction of sp³-hybridized carbons (Fsp3) is 0.318. The molecule has 2 amide bonds. The first-order valence-electron chi connectivity index (χ1n) is 10.1. The van der Waals surface area contributed by atoms with E-state index >= 15 is 0 Å². The molecule has 0 bridgehead atoms. The predicted molar refractivity (Wildman–Crippen MR) is 114 cm³/mol. The van der Waals surface area contributed by atoms with Gasteiger partial charge in [0.25, 0.3) is 0 Å². The second-order valence-electron chi connectivity index (χ2n) is 7.77. The monoisotopic (exact) mass is 422 g/mol. The number of aryl methyl sites for hydroxylation is 1. The average Bonchev–Trinajstić information content (AvgIpc) is 3.12. The fourth-order valence-corrected chi connectivity index (χ4v) is 3.67. The molecule has 1 unspecified atom stereocenters. The molecular weight excluding hydrogens is 399 g/mol. The number of hydrogen-bond acceptors (Lipinski definition) is 5. The van der Waals surface area contributed by atoms with E-state index in [2.05, 4.69) is 27.3 Å². The standard InChI is InChI=1S/C22H23FN6O2/c1-14-12-28(21-8-15(2)27-29(21)13-14)22(31)6-5-20(30)26-19-9-18(23)17(11-25-19)16-4-3-7-24-10-16/h3-4,7-11,14H,5-6,12-13H2,1-2H3,(H,25,26,30). The van der Waals surface area contributed by atoms with E-state index in [1.54, 1.807) is 29.4 Å². The quantitative estimate of drug-likeness (QED) is 0.682. The molecule has 0 aromatic carbocycles. The van der Waals surface area contributed by atoms with Crippen molar-refractivity contribution in [2.24, 2.45) is 5.92 Å². The number of fused-ring (bicyclic) bond motifs is 1. The number of halogens is 1. The molecule has 31 heavy (non-hydrogen) atoms. The van der Waals surface area contributed by atoms with Crippen LogP contribution in [0.25, 0.3) is 11.1 Å². The zero-order chi connectivity index (χ0) is 22.0. The van der Waals surface area contributed by atoms with Gasteiger partial charge in [0.15, 0.2) is 0 Å². The Kier molecular flexibility index (Phi) is 5.75. The van der Waals surface area contributed by atoms with Crippen molar-refractivity contribution < 1.29 is 14.0 Å². The third-order valence-corrected chi connectivity index (χ3v) is 5.10. The topological polar surface area (TPSA) is 93.0 Å². The molecule has 0 saturated heterocycles. The first-order valence-corrected chi connectivity index (χ1v) is 10.1. The largest absolute Gasteiger partial charge is 0.311 e. The predicted octanol–water partition coefficient (Wildman–Crippen LogP) is 3.19. The van der Waals surface area contributed by atoms with E-state index in [9.17, 15) is 14.0 Å². The van der Waals surface area contributed by atoms with Crippen LogP contribution in [0.1, 0.15) is 25.5 Å². The van der Waals surface area contributed by atoms with E-state index in [-0.39, 0.29) is 30.5 Å². The first kappa shape index (κ1) is 20.6. The van der Waals surface area contributed by atoms with E-state index in [1.807, 2.05) is 17.7 Å². The molecule has 4 rings (SSSR count). The van der Waals surface area contributed by atoms with Crippen molar-refractivity contribution in [2.45, 2.75) is 33.2 Å². The summed E-state index contributed by atoms with van der Waals surface area (Å²) in [7, 11) is 0. The normalized spacial score (nSPS) is 15.5. The van der Waals surface area contributed by atoms with E-state index in [1.165, 1.54) is 6.20 Å². The highest BCUT2D eigenvalue weighted by Crippen LogP contribution is 2.26. The van der Waals surface area contributed by atoms with Crippen LogP contribution in [0.4, 0.5) is 16.0 Å². The summed E-state index contributed by atoms with van der Waals surface area (Å²) in [4.78, 5) is 34.8. The van der Waals surface area contributed by atoms with Gasteiger partial charge in [-0.15, -0.1) is 0 Å². The number of nitrogens with one attached hydrogen (secondary N) is 1. The zero-order valence-corrected chi connectivity index (χ0v) is 17.4. The van der Waals surface area contributed by atoms with E-state index in [0.717, 1.165) is 24.1 Å². The van der Waals surface area contributed by atoms with Gasteiger partial charge in [-0.05, 0) is 18.9 Å². The lowest BCUT2D eigenvalue weighted by atomic mass is 10.1. The van der Waals surface area contributed by atoms with Crippen LogP contribution in [0, 0.1) is 18.7 Å². The van der Waals surface area contributed by atoms with Crippen LogP contribution in [-0.2, 0) is 16.1 Å². The highest BCUT2D eigenvalue weighted by atomic mass is 19.1. The molecule has 1 aliphatic heterocycles. The Morgan fingerprint density at radius 1 is 1.23 bits per heavy atom. The lowest BCUT2D eigenvalue weighted by Crippen LogP contribution is -2.41. The molecule has 0 spiro atoms. The Bertz CT molecular complexity index is 1110. The van der Waals surface area contributed by atoms with Gasteiger partial charge in [-0.3, -0.25) is 19.5 Å². The van der Waals surface area contributed by atoms with Gasteiger partial charge < -0.3 is 5.32 Å². The van der Waals surface area contributed by atoms with Crippen molar-refractivity contribution in [1.29, 1.82) is 0 Å². The van der Waals surface area contributed by atoms with Gasteiger partial charge in [-0.2, -0.15) is 5.10 Å². The van der Waals surface area contributed by atoms with Gasteiger partial charge in [0.05, 0.1) is 5.69 Å². The van der Waals surface area contributed by atoms with Gasteiger partial charge in [0, 0.05) is 67.8 Å². The molecule has 3 aromatic rings. The lowest BCUT2D eigenvalue weighted by molar-refractivity contribution is -0.122. The smallest absolute Gasteiger partial charge is 0.228 e. The Hall–Kier alpha value is -3.62. The van der Waals surface area contributed by atoms with Crippen LogP contribution in [0.3, 0.4) is 0 Å². The van der Waals surface area contributed by atoms with E-state index < -0.39 is 11.7 Å². The van der Waals surface area contributed by atoms with Crippen LogP contribution in [0.5, 0.6) is 0 Å². The minimum Gasteiger partial charge on any atom is -0.311 e. The maximum atomic E-state index is 14.4. The summed E-state index contributed by atoms with van der Waals surface area (Å²) in [5, 5.41) is 6.98. The van der Waals surface area contributed by atoms with Gasteiger partial charge in [-0.1, -0.05) is 13.0 Å². The number of amides is 2. The number of carbonyl (C=O) groups excluding carboxylic acids is 2. The molecule has 0 aliphatic carbocycles. The minimum atomic E-state index is -0.514. The van der Waals surface area contributed by atoms with Crippen molar-refractivity contribution in [2.75, 3.05) is 16.8 Å². The highest BCUT2D eigenvalue weighted by molar-refractivity contribution is 5.97. The Labute approximate surface area is 179 Å². The Balaban J connectivity index is 1.36. The summed E-state index contributed by atoms with van der Waals surface area (Å²) in [5.74, 6) is 0.0760. The number of carbonyl (C=O) groups is 2. The number of pyridine rings is 2. The maximum absolute atomic E-state index is 14.4. The minimum absolute atomic E-state index is 0.0233. The summed E-state index contributed by atoms with van der Waals surface area (Å²) in [6.07, 6.45) is 4.51. The molecule has 0 fully saturated rings. The van der Waals surface area contributed by atoms with Crippen LogP contribution in [0.2, 0.25) is 0 Å². The molecule has 160 valence electrons. The van der Waals surface area contributed by atoms with Gasteiger partial charge >= 0.3 is 0 Å². The van der Waals surface area contributed by atoms with Crippen molar-refractivity contribution >= 4 is 23.5 Å². The third-order valence-electron chi connectivity index (χ3n) is 5.10. The molecule has 0 radical (unpaired) electrons. The number of aromatic nitrogens is 4. The molecule has 0 saturated carbocycles. The molecule has 3 aromatic heterocycles. The maximum Gasteiger partial charge on any atom is 0.228 e. The summed E-state index contributed by atoms with van der Waals surface area (Å²) < 4.78 is 16.3. The number of hydrogen-bond donors (Lipinski definition) is 1. The van der Waals surface area contributed by atoms with Crippen molar-refractivity contribution in [3.63, 3.8) is 0 Å². The van der Waals surface area contributed by atoms with Gasteiger partial charge in [0.1, 0.15) is 17.5 Å². The third kappa shape index (κ3) is 4.60. The molecule has 1 aliphatic rings. The van der Waals surface area contributed by atoms with Crippen LogP contribution in [0.15, 0.2) is 42.9 Å². The van der Waals surface area contributed by atoms with Crippen molar-refractivity contribution in [3.05, 3.63) is 54.4 Å². The van der Waals surface area contributed by atoms with E-state index in [4.69, 9.17) is 0 Å². The van der Waals surface area contributed by atoms with E-state index in [0.29, 0.717) is 17.7 Å². The number of anilines is 2. The number of rotatable bonds is 5. The SMILES string of the molecule is Cc1cc2n(n1)CC(C)CN2C(=O)CCC(=O)Nc1cc(F)c(-c2cccnc2)cn1. The van der Waals surface area contributed by atoms with Gasteiger partial charge in [0.2, 0.25) is 11.8 Å². The summed E-state index contributed by atoms with van der Waals surface area (Å²) >= 11 is 0. The molecule has 8 nitrogen and oxygen atoms in total. The Morgan fingerprint density at radius 3 is 2.81 bits per heavy atom. The van der Waals surface area contributed by atoms with Crippen LogP contribution in [-0.4, -0.2) is 38.1 Å². The van der Waals surface area contributed by atoms with Crippen molar-refractivity contribution in [1.82, 2.24) is 19.7 Å². The summed E-state index contributed by atoms with van der Waals surface area (Å²) in [5.41, 5.74) is 1.75. The highest BCUT2D eigenvalue weighted by Gasteiger charge is 2.27. The molecule has 4 heterocycles. The molecular formula is C22H23FN6O2. The molecule has 1 N–H and O–H groups in total. The Morgan fingerprint density at radius 2 is 2.06 bits per heavy atom. The first-order chi connectivity index (χ1) is 14.9. The summed E-state index contributed by atoms with van der Waals surface area (Å²) in [6.45, 7) is 5.30. The van der Waals surface area contributed by atoms with Gasteiger partial charge in [-0.25, -0.2) is 14.1 Å². The average molecular weight is 422 g/mol. The fourth-order valence-electron chi connectivity index (χ4n) is 3.67. The second kappa shape index (κ2) is 8.63. The zero-order valence-electron chi connectivity index (χ0n) is 17.4. The molecule has 1 atom stereocenters. The van der Waals surface area contributed by atoms with Crippen LogP contribution >= 0.6 is 0 Å². The molecule has 9 heteroatoms. The van der Waals surface area contributed by atoms with Crippen LogP contribution < -0.4 is 10.2 Å².